The van der Waals surface area contributed by atoms with Crippen molar-refractivity contribution in [1.29, 1.82) is 0 Å². The number of nitrogens with zero attached hydrogens (tertiary/aromatic N) is 3. The fourth-order valence-corrected chi connectivity index (χ4v) is 6.67. The number of allylic oxidation sites excluding steroid dienone is 2. The molecule has 3 heterocycles. The molecular weight excluding hydrogens is 618 g/mol. The van der Waals surface area contributed by atoms with E-state index in [4.69, 9.17) is 4.74 Å². The molecule has 0 unspecified atom stereocenters. The molecular formula is C32H24BrN3O7. The molecule has 0 bridgehead atoms. The number of Topliss-reactive ketones (excluding diaryl/α,β-unsaturated/α-hetero) is 2. The minimum Gasteiger partial charge on any atom is -0.496 e. The lowest BCUT2D eigenvalue weighted by Gasteiger charge is -2.33. The van der Waals surface area contributed by atoms with Crippen molar-refractivity contribution in [3.8, 4) is 5.75 Å². The van der Waals surface area contributed by atoms with Crippen molar-refractivity contribution in [2.45, 2.75) is 19.0 Å². The van der Waals surface area contributed by atoms with Gasteiger partial charge in [-0.2, -0.15) is 0 Å². The Bertz CT molecular complexity index is 1780. The second kappa shape index (κ2) is 10.7. The highest BCUT2D eigenvalue weighted by atomic mass is 79.9. The number of hydrogen-bond acceptors (Lipinski definition) is 8. The number of aryl methyl sites for hydroxylation is 1. The van der Waals surface area contributed by atoms with E-state index in [0.717, 1.165) is 4.90 Å². The van der Waals surface area contributed by atoms with E-state index in [0.29, 0.717) is 32.5 Å². The predicted molar refractivity (Wildman–Crippen MR) is 160 cm³/mol. The lowest BCUT2D eigenvalue weighted by molar-refractivity contribution is -0.384. The maximum absolute atomic E-state index is 14.1. The molecule has 0 radical (unpaired) electrons. The van der Waals surface area contributed by atoms with Crippen LogP contribution < -0.4 is 9.64 Å². The number of halogens is 1. The van der Waals surface area contributed by atoms with Crippen LogP contribution in [0.1, 0.15) is 26.3 Å². The van der Waals surface area contributed by atoms with Gasteiger partial charge in [0, 0.05) is 35.0 Å². The first-order valence-electron chi connectivity index (χ1n) is 13.4. The van der Waals surface area contributed by atoms with Crippen molar-refractivity contribution in [1.82, 2.24) is 4.90 Å². The van der Waals surface area contributed by atoms with Gasteiger partial charge in [0.2, 0.25) is 11.8 Å². The quantitative estimate of drug-likeness (QED) is 0.152. The van der Waals surface area contributed by atoms with Crippen LogP contribution in [0.2, 0.25) is 0 Å². The molecule has 0 N–H and O–H groups in total. The average molecular weight is 642 g/mol. The number of ether oxygens (including phenoxy) is 1. The molecule has 3 aliphatic rings. The Morgan fingerprint density at radius 3 is 2.35 bits per heavy atom. The van der Waals surface area contributed by atoms with E-state index in [1.807, 2.05) is 0 Å². The Morgan fingerprint density at radius 1 is 0.953 bits per heavy atom. The van der Waals surface area contributed by atoms with Gasteiger partial charge in [-0.3, -0.25) is 29.3 Å². The summed E-state index contributed by atoms with van der Waals surface area (Å²) < 4.78 is 5.83. The number of fused-ring (bicyclic) bond motifs is 3. The summed E-state index contributed by atoms with van der Waals surface area (Å²) in [5.41, 5.74) is 1.40. The van der Waals surface area contributed by atoms with Crippen LogP contribution in [0.3, 0.4) is 0 Å². The van der Waals surface area contributed by atoms with Gasteiger partial charge in [-0.15, -0.1) is 0 Å². The highest BCUT2D eigenvalue weighted by molar-refractivity contribution is 9.10. The molecule has 10 nitrogen and oxygen atoms in total. The van der Waals surface area contributed by atoms with Gasteiger partial charge in [-0.25, -0.2) is 4.90 Å². The van der Waals surface area contributed by atoms with Crippen LogP contribution in [0.15, 0.2) is 95.1 Å². The number of imide groups is 1. The molecule has 2 saturated heterocycles. The fraction of sp³-hybridized carbons (Fsp3) is 0.188. The summed E-state index contributed by atoms with van der Waals surface area (Å²) in [7, 11) is 1.50. The minimum atomic E-state index is -1.10. The van der Waals surface area contributed by atoms with Crippen LogP contribution in [0.25, 0.3) is 0 Å². The standard InChI is InChI=1S/C32H24BrN3O7/c1-17-8-10-21(36(41)42)16-23(17)35-31(39)26-24-15-20(29(37)18-6-4-3-5-7-18)12-13-34(24)28(27(26)32(35)40)30(38)19-9-11-25(43-2)22(33)14-19/h3-16,24,26-28H,1-2H3/t24-,26-,27+,28-/m0/s1. The maximum Gasteiger partial charge on any atom is 0.271 e. The summed E-state index contributed by atoms with van der Waals surface area (Å²) in [5, 5.41) is 11.5. The van der Waals surface area contributed by atoms with Crippen LogP contribution in [0, 0.1) is 28.9 Å². The van der Waals surface area contributed by atoms with E-state index in [1.54, 1.807) is 78.7 Å². The van der Waals surface area contributed by atoms with E-state index in [9.17, 15) is 29.3 Å². The van der Waals surface area contributed by atoms with Crippen LogP contribution in [0.4, 0.5) is 11.4 Å². The van der Waals surface area contributed by atoms with Gasteiger partial charge in [0.1, 0.15) is 11.8 Å². The maximum atomic E-state index is 14.1. The van der Waals surface area contributed by atoms with Crippen LogP contribution >= 0.6 is 15.9 Å². The topological polar surface area (TPSA) is 127 Å². The monoisotopic (exact) mass is 641 g/mol. The largest absolute Gasteiger partial charge is 0.496 e. The number of benzene rings is 3. The smallest absolute Gasteiger partial charge is 0.271 e. The van der Waals surface area contributed by atoms with Crippen LogP contribution in [-0.4, -0.2) is 52.4 Å². The summed E-state index contributed by atoms with van der Waals surface area (Å²) in [5.74, 6) is -3.46. The molecule has 6 rings (SSSR count). The number of anilines is 1. The van der Waals surface area contributed by atoms with Crippen LogP contribution in [0.5, 0.6) is 5.75 Å². The highest BCUT2D eigenvalue weighted by Crippen LogP contribution is 2.48. The number of rotatable bonds is 7. The van der Waals surface area contributed by atoms with Gasteiger partial charge in [-0.1, -0.05) is 42.5 Å². The van der Waals surface area contributed by atoms with E-state index in [1.165, 1.54) is 25.3 Å². The molecule has 3 aromatic carbocycles. The Labute approximate surface area is 254 Å². The third-order valence-electron chi connectivity index (χ3n) is 8.20. The van der Waals surface area contributed by atoms with Crippen molar-refractivity contribution >= 4 is 50.7 Å². The zero-order chi connectivity index (χ0) is 30.6. The molecule has 0 aliphatic carbocycles. The third kappa shape index (κ3) is 4.56. The molecule has 216 valence electrons. The first-order chi connectivity index (χ1) is 20.6. The van der Waals surface area contributed by atoms with E-state index in [2.05, 4.69) is 15.9 Å². The number of amides is 2. The zero-order valence-corrected chi connectivity index (χ0v) is 24.6. The lowest BCUT2D eigenvalue weighted by atomic mass is 9.85. The van der Waals surface area contributed by atoms with Crippen molar-refractivity contribution in [2.24, 2.45) is 11.8 Å². The average Bonchev–Trinajstić information content (AvgIpc) is 3.48. The van der Waals surface area contributed by atoms with Gasteiger partial charge in [0.05, 0.1) is 40.1 Å². The second-order valence-electron chi connectivity index (χ2n) is 10.5. The molecule has 11 heteroatoms. The molecule has 2 fully saturated rings. The lowest BCUT2D eigenvalue weighted by Crippen LogP contribution is -2.46. The van der Waals surface area contributed by atoms with Crippen molar-refractivity contribution in [2.75, 3.05) is 12.0 Å². The second-order valence-corrected chi connectivity index (χ2v) is 11.4. The molecule has 3 aliphatic heterocycles. The number of hydrogen-bond donors (Lipinski definition) is 0. The number of carbonyl (C=O) groups excluding carboxylic acids is 4. The molecule has 4 atom stereocenters. The van der Waals surface area contributed by atoms with E-state index in [-0.39, 0.29) is 17.2 Å². The first kappa shape index (κ1) is 28.2. The first-order valence-corrected chi connectivity index (χ1v) is 14.2. The van der Waals surface area contributed by atoms with Gasteiger partial charge in [0.25, 0.3) is 5.69 Å². The number of nitro groups is 1. The van der Waals surface area contributed by atoms with Crippen molar-refractivity contribution in [3.05, 3.63) is 122 Å². The number of carbonyl (C=O) groups is 4. The Kier molecular flexibility index (Phi) is 7.05. The van der Waals surface area contributed by atoms with Gasteiger partial charge in [-0.05, 0) is 52.7 Å². The van der Waals surface area contributed by atoms with Gasteiger partial charge in [0.15, 0.2) is 11.6 Å². The summed E-state index contributed by atoms with van der Waals surface area (Å²) in [6.45, 7) is 1.65. The zero-order valence-electron chi connectivity index (χ0n) is 23.0. The Morgan fingerprint density at radius 2 is 1.67 bits per heavy atom. The number of nitro benzene ring substituents is 1. The molecule has 0 aromatic heterocycles. The summed E-state index contributed by atoms with van der Waals surface area (Å²) in [4.78, 5) is 69.3. The third-order valence-corrected chi connectivity index (χ3v) is 8.82. The van der Waals surface area contributed by atoms with E-state index >= 15 is 0 Å². The summed E-state index contributed by atoms with van der Waals surface area (Å²) >= 11 is 3.41. The molecule has 0 saturated carbocycles. The Balaban J connectivity index is 1.46. The van der Waals surface area contributed by atoms with Gasteiger partial charge >= 0.3 is 0 Å². The van der Waals surface area contributed by atoms with Crippen LogP contribution in [-0.2, 0) is 9.59 Å². The predicted octanol–water partition coefficient (Wildman–Crippen LogP) is 5.05. The van der Waals surface area contributed by atoms with Crippen molar-refractivity contribution < 1.29 is 28.8 Å². The normalized spacial score (nSPS) is 22.3. The molecule has 3 aromatic rings. The minimum absolute atomic E-state index is 0.0967. The molecule has 43 heavy (non-hydrogen) atoms. The van der Waals surface area contributed by atoms with Crippen molar-refractivity contribution in [3.63, 3.8) is 0 Å². The summed E-state index contributed by atoms with van der Waals surface area (Å²) in [6, 6.07) is 15.6. The van der Waals surface area contributed by atoms with Gasteiger partial charge < -0.3 is 9.64 Å². The molecule has 2 amide bonds. The summed E-state index contributed by atoms with van der Waals surface area (Å²) in [6.07, 6.45) is 4.83. The van der Waals surface area contributed by atoms with E-state index < -0.39 is 46.4 Å². The number of ketones is 2. The number of non-ortho nitro benzene ring substituents is 1. The SMILES string of the molecule is COc1ccc(C(=O)[C@@H]2[C@@H]3C(=O)N(c4cc([N+](=O)[O-])ccc4C)C(=O)[C@H]3[C@@H]3C=C(C(=O)c4ccccc4)C=CN23)cc1Br. The Hall–Kier alpha value is -4.90. The number of methoxy groups -OCH3 is 1. The molecule has 0 spiro atoms. The fourth-order valence-electron chi connectivity index (χ4n) is 6.13. The highest BCUT2D eigenvalue weighted by Gasteiger charge is 2.63.